The predicted octanol–water partition coefficient (Wildman–Crippen LogP) is 3.45. The van der Waals surface area contributed by atoms with Crippen molar-refractivity contribution in [3.05, 3.63) is 65.2 Å². The number of benzene rings is 2. The van der Waals surface area contributed by atoms with Gasteiger partial charge in [0.25, 0.3) is 5.91 Å². The van der Waals surface area contributed by atoms with Crippen molar-refractivity contribution in [3.63, 3.8) is 0 Å². The minimum Gasteiger partial charge on any atom is -0.484 e. The van der Waals surface area contributed by atoms with Crippen LogP contribution in [-0.2, 0) is 22.6 Å². The van der Waals surface area contributed by atoms with Crippen molar-refractivity contribution in [2.45, 2.75) is 38.9 Å². The maximum absolute atomic E-state index is 12.0. The summed E-state index contributed by atoms with van der Waals surface area (Å²) in [6.45, 7) is 5.42. The van der Waals surface area contributed by atoms with E-state index in [0.29, 0.717) is 24.8 Å². The van der Waals surface area contributed by atoms with Crippen molar-refractivity contribution in [1.82, 2.24) is 5.32 Å². The standard InChI is InChI=1S/C21H25NO3/c1-15(2)16-7-9-19(10-8-16)25-14-21(23)22-12-20-11-17-5-3-4-6-18(17)13-24-20/h3-10,15,20H,11-14H2,1-2H3,(H,22,23). The van der Waals surface area contributed by atoms with Gasteiger partial charge < -0.3 is 14.8 Å². The van der Waals surface area contributed by atoms with Crippen LogP contribution in [0.15, 0.2) is 48.5 Å². The highest BCUT2D eigenvalue weighted by Crippen LogP contribution is 2.20. The van der Waals surface area contributed by atoms with Gasteiger partial charge in [0.2, 0.25) is 0 Å². The summed E-state index contributed by atoms with van der Waals surface area (Å²) in [5, 5.41) is 2.89. The molecule has 1 aliphatic heterocycles. The van der Waals surface area contributed by atoms with Crippen molar-refractivity contribution in [2.24, 2.45) is 0 Å². The van der Waals surface area contributed by atoms with E-state index in [0.717, 1.165) is 6.42 Å². The Morgan fingerprint density at radius 3 is 2.60 bits per heavy atom. The number of rotatable bonds is 6. The molecule has 3 rings (SSSR count). The van der Waals surface area contributed by atoms with Gasteiger partial charge in [0.1, 0.15) is 5.75 Å². The second-order valence-corrected chi connectivity index (χ2v) is 6.72. The number of carbonyl (C=O) groups is 1. The fourth-order valence-electron chi connectivity index (χ4n) is 2.92. The van der Waals surface area contributed by atoms with Crippen LogP contribution in [0, 0.1) is 0 Å². The number of hydrogen-bond donors (Lipinski definition) is 1. The van der Waals surface area contributed by atoms with E-state index < -0.39 is 0 Å². The minimum atomic E-state index is -0.129. The smallest absolute Gasteiger partial charge is 0.258 e. The Morgan fingerprint density at radius 1 is 1.16 bits per heavy atom. The number of fused-ring (bicyclic) bond motifs is 1. The first kappa shape index (κ1) is 17.5. The topological polar surface area (TPSA) is 47.6 Å². The molecule has 0 aliphatic carbocycles. The molecule has 0 aromatic heterocycles. The molecule has 2 aromatic carbocycles. The van der Waals surface area contributed by atoms with E-state index in [-0.39, 0.29) is 18.6 Å². The van der Waals surface area contributed by atoms with E-state index >= 15 is 0 Å². The predicted molar refractivity (Wildman–Crippen MR) is 97.8 cm³/mol. The van der Waals surface area contributed by atoms with E-state index in [2.05, 4.69) is 31.3 Å². The molecule has 1 aliphatic rings. The van der Waals surface area contributed by atoms with Crippen molar-refractivity contribution in [3.8, 4) is 5.75 Å². The third kappa shape index (κ3) is 4.83. The quantitative estimate of drug-likeness (QED) is 0.877. The van der Waals surface area contributed by atoms with Crippen molar-refractivity contribution < 1.29 is 14.3 Å². The summed E-state index contributed by atoms with van der Waals surface area (Å²) in [6.07, 6.45) is 0.845. The van der Waals surface area contributed by atoms with Gasteiger partial charge in [-0.15, -0.1) is 0 Å². The van der Waals surface area contributed by atoms with E-state index in [4.69, 9.17) is 9.47 Å². The molecule has 1 N–H and O–H groups in total. The maximum Gasteiger partial charge on any atom is 0.258 e. The average Bonchev–Trinajstić information content (AvgIpc) is 2.65. The van der Waals surface area contributed by atoms with Crippen molar-refractivity contribution >= 4 is 5.91 Å². The zero-order valence-corrected chi connectivity index (χ0v) is 14.8. The molecule has 4 heteroatoms. The lowest BCUT2D eigenvalue weighted by Gasteiger charge is -2.25. The highest BCUT2D eigenvalue weighted by molar-refractivity contribution is 5.77. The minimum absolute atomic E-state index is 0.0178. The van der Waals surface area contributed by atoms with Gasteiger partial charge in [-0.05, 0) is 34.7 Å². The molecular formula is C21H25NO3. The van der Waals surface area contributed by atoms with Crippen LogP contribution in [0.3, 0.4) is 0 Å². The van der Waals surface area contributed by atoms with Crippen LogP contribution in [-0.4, -0.2) is 25.2 Å². The van der Waals surface area contributed by atoms with Gasteiger partial charge in [0.15, 0.2) is 6.61 Å². The first-order valence-electron chi connectivity index (χ1n) is 8.79. The first-order valence-corrected chi connectivity index (χ1v) is 8.79. The number of hydrogen-bond acceptors (Lipinski definition) is 3. The maximum atomic E-state index is 12.0. The second kappa shape index (κ2) is 8.17. The van der Waals surface area contributed by atoms with Crippen LogP contribution in [0.5, 0.6) is 5.75 Å². The summed E-state index contributed by atoms with van der Waals surface area (Å²) in [5.74, 6) is 1.07. The molecule has 0 radical (unpaired) electrons. The van der Waals surface area contributed by atoms with E-state index in [9.17, 15) is 4.79 Å². The summed E-state index contributed by atoms with van der Waals surface area (Å²) in [4.78, 5) is 12.0. The fraction of sp³-hybridized carbons (Fsp3) is 0.381. The highest BCUT2D eigenvalue weighted by Gasteiger charge is 2.19. The zero-order valence-electron chi connectivity index (χ0n) is 14.8. The van der Waals surface area contributed by atoms with Gasteiger partial charge in [0, 0.05) is 13.0 Å². The third-order valence-corrected chi connectivity index (χ3v) is 4.48. The third-order valence-electron chi connectivity index (χ3n) is 4.48. The Balaban J connectivity index is 1.41. The molecule has 2 aromatic rings. The Hall–Kier alpha value is -2.33. The first-order chi connectivity index (χ1) is 12.1. The number of carbonyl (C=O) groups excluding carboxylic acids is 1. The van der Waals surface area contributed by atoms with Crippen molar-refractivity contribution in [2.75, 3.05) is 13.2 Å². The summed E-state index contributed by atoms with van der Waals surface area (Å²) in [7, 11) is 0. The summed E-state index contributed by atoms with van der Waals surface area (Å²) >= 11 is 0. The Bertz CT molecular complexity index is 709. The van der Waals surface area contributed by atoms with Crippen LogP contribution in [0.25, 0.3) is 0 Å². The van der Waals surface area contributed by atoms with Gasteiger partial charge >= 0.3 is 0 Å². The molecule has 1 heterocycles. The lowest BCUT2D eigenvalue weighted by Crippen LogP contribution is -2.38. The average molecular weight is 339 g/mol. The van der Waals surface area contributed by atoms with Gasteiger partial charge in [-0.3, -0.25) is 4.79 Å². The molecule has 132 valence electrons. The Kier molecular flexibility index (Phi) is 5.71. The highest BCUT2D eigenvalue weighted by atomic mass is 16.5. The molecule has 1 amide bonds. The van der Waals surface area contributed by atoms with E-state index in [1.807, 2.05) is 36.4 Å². The molecule has 1 unspecified atom stereocenters. The second-order valence-electron chi connectivity index (χ2n) is 6.72. The lowest BCUT2D eigenvalue weighted by molar-refractivity contribution is -0.123. The number of amides is 1. The normalized spacial score (nSPS) is 16.4. The van der Waals surface area contributed by atoms with Gasteiger partial charge in [-0.25, -0.2) is 0 Å². The molecular weight excluding hydrogens is 314 g/mol. The summed E-state index contributed by atoms with van der Waals surface area (Å²) in [5.41, 5.74) is 3.79. The molecule has 0 fully saturated rings. The summed E-state index contributed by atoms with van der Waals surface area (Å²) in [6, 6.07) is 16.1. The number of ether oxygens (including phenoxy) is 2. The Morgan fingerprint density at radius 2 is 1.88 bits per heavy atom. The molecule has 4 nitrogen and oxygen atoms in total. The lowest BCUT2D eigenvalue weighted by atomic mass is 9.99. The van der Waals surface area contributed by atoms with Crippen LogP contribution >= 0.6 is 0 Å². The number of nitrogens with one attached hydrogen (secondary N) is 1. The van der Waals surface area contributed by atoms with Gasteiger partial charge in [-0.1, -0.05) is 50.2 Å². The molecule has 0 saturated carbocycles. The van der Waals surface area contributed by atoms with Crippen molar-refractivity contribution in [1.29, 1.82) is 0 Å². The van der Waals surface area contributed by atoms with E-state index in [1.165, 1.54) is 16.7 Å². The largest absolute Gasteiger partial charge is 0.484 e. The molecule has 0 bridgehead atoms. The van der Waals surface area contributed by atoms with Gasteiger partial charge in [-0.2, -0.15) is 0 Å². The fourth-order valence-corrected chi connectivity index (χ4v) is 2.92. The van der Waals surface area contributed by atoms with E-state index in [1.54, 1.807) is 0 Å². The molecule has 0 saturated heterocycles. The van der Waals surface area contributed by atoms with Crippen LogP contribution in [0.1, 0.15) is 36.5 Å². The zero-order chi connectivity index (χ0) is 17.6. The van der Waals surface area contributed by atoms with Gasteiger partial charge in [0.05, 0.1) is 12.7 Å². The monoisotopic (exact) mass is 339 g/mol. The molecule has 1 atom stereocenters. The summed E-state index contributed by atoms with van der Waals surface area (Å²) < 4.78 is 11.3. The molecule has 0 spiro atoms. The van der Waals surface area contributed by atoms with Crippen LogP contribution in [0.2, 0.25) is 0 Å². The van der Waals surface area contributed by atoms with Crippen LogP contribution in [0.4, 0.5) is 0 Å². The SMILES string of the molecule is CC(C)c1ccc(OCC(=O)NCC2Cc3ccccc3CO2)cc1. The Labute approximate surface area is 149 Å². The van der Waals surface area contributed by atoms with Crippen LogP contribution < -0.4 is 10.1 Å². The molecule has 25 heavy (non-hydrogen) atoms.